The Hall–Kier alpha value is -1.66. The van der Waals surface area contributed by atoms with E-state index in [9.17, 15) is 8.42 Å². The van der Waals surface area contributed by atoms with Crippen molar-refractivity contribution in [2.24, 2.45) is 0 Å². The number of fused-ring (bicyclic) bond motifs is 1. The Balaban J connectivity index is 1.97. The van der Waals surface area contributed by atoms with Gasteiger partial charge in [-0.3, -0.25) is 0 Å². The zero-order chi connectivity index (χ0) is 14.2. The highest BCUT2D eigenvalue weighted by Gasteiger charge is 2.30. The Morgan fingerprint density at radius 2 is 2.15 bits per heavy atom. The lowest BCUT2D eigenvalue weighted by Crippen LogP contribution is -2.36. The van der Waals surface area contributed by atoms with Gasteiger partial charge in [0.05, 0.1) is 29.2 Å². The summed E-state index contributed by atoms with van der Waals surface area (Å²) in [5.74, 6) is 0. The van der Waals surface area contributed by atoms with E-state index in [1.165, 1.54) is 4.31 Å². The van der Waals surface area contributed by atoms with Crippen molar-refractivity contribution in [2.45, 2.75) is 31.2 Å². The third-order valence-corrected chi connectivity index (χ3v) is 5.66. The number of aryl methyl sites for hydroxylation is 1. The molecule has 0 unspecified atom stereocenters. The number of hydrogen-bond acceptors (Lipinski definition) is 3. The van der Waals surface area contributed by atoms with E-state index >= 15 is 0 Å². The summed E-state index contributed by atoms with van der Waals surface area (Å²) >= 11 is 0. The molecule has 5 nitrogen and oxygen atoms in total. The first-order chi connectivity index (χ1) is 9.63. The fourth-order valence-corrected chi connectivity index (χ4v) is 4.28. The maximum atomic E-state index is 12.8. The highest BCUT2D eigenvalue weighted by atomic mass is 32.2. The summed E-state index contributed by atoms with van der Waals surface area (Å²) in [5, 5.41) is 0. The van der Waals surface area contributed by atoms with E-state index in [0.717, 1.165) is 17.0 Å². The van der Waals surface area contributed by atoms with E-state index in [2.05, 4.69) is 9.97 Å². The second-order valence-corrected chi connectivity index (χ2v) is 6.78. The quantitative estimate of drug-likeness (QED) is 0.936. The van der Waals surface area contributed by atoms with Crippen molar-refractivity contribution in [2.75, 3.05) is 6.54 Å². The minimum atomic E-state index is -3.44. The summed E-state index contributed by atoms with van der Waals surface area (Å²) in [6.45, 7) is 2.82. The van der Waals surface area contributed by atoms with Crippen molar-refractivity contribution in [3.05, 3.63) is 47.5 Å². The predicted molar refractivity (Wildman–Crippen MR) is 75.7 cm³/mol. The normalized spacial score (nSPS) is 16.1. The molecule has 0 saturated carbocycles. The minimum Gasteiger partial charge on any atom is -0.347 e. The van der Waals surface area contributed by atoms with Crippen molar-refractivity contribution in [3.8, 4) is 0 Å². The molecule has 1 N–H and O–H groups in total. The topological polar surface area (TPSA) is 66.1 Å². The van der Waals surface area contributed by atoms with Gasteiger partial charge < -0.3 is 4.98 Å². The van der Waals surface area contributed by atoms with Gasteiger partial charge in [0.2, 0.25) is 10.0 Å². The first-order valence-corrected chi connectivity index (χ1v) is 8.16. The third kappa shape index (κ3) is 2.14. The molecule has 1 aliphatic heterocycles. The number of benzene rings is 1. The SMILES string of the molecule is CCc1ccccc1S(=O)(=O)N1CCc2nc[nH]c2C1. The first kappa shape index (κ1) is 13.3. The van der Waals surface area contributed by atoms with E-state index in [1.54, 1.807) is 18.5 Å². The van der Waals surface area contributed by atoms with Crippen LogP contribution in [0.15, 0.2) is 35.5 Å². The van der Waals surface area contributed by atoms with Crippen LogP contribution in [0.25, 0.3) is 0 Å². The molecule has 0 spiro atoms. The van der Waals surface area contributed by atoms with Crippen LogP contribution in [0.4, 0.5) is 0 Å². The Kier molecular flexibility index (Phi) is 3.35. The molecule has 3 rings (SSSR count). The van der Waals surface area contributed by atoms with Crippen LogP contribution in [0.5, 0.6) is 0 Å². The van der Waals surface area contributed by atoms with Gasteiger partial charge in [-0.2, -0.15) is 4.31 Å². The lowest BCUT2D eigenvalue weighted by atomic mass is 10.2. The molecule has 2 heterocycles. The number of nitrogens with one attached hydrogen (secondary N) is 1. The number of rotatable bonds is 3. The standard InChI is InChI=1S/C14H17N3O2S/c1-2-11-5-3-4-6-14(11)20(18,19)17-8-7-12-13(9-17)16-10-15-12/h3-6,10H,2,7-9H2,1H3,(H,15,16). The highest BCUT2D eigenvalue weighted by Crippen LogP contribution is 2.25. The van der Waals surface area contributed by atoms with Gasteiger partial charge in [-0.1, -0.05) is 25.1 Å². The summed E-state index contributed by atoms with van der Waals surface area (Å²) in [6.07, 6.45) is 2.99. The second-order valence-electron chi connectivity index (χ2n) is 4.88. The first-order valence-electron chi connectivity index (χ1n) is 6.72. The van der Waals surface area contributed by atoms with Crippen LogP contribution in [0.3, 0.4) is 0 Å². The maximum Gasteiger partial charge on any atom is 0.243 e. The Bertz CT molecular complexity index is 722. The Morgan fingerprint density at radius 3 is 2.95 bits per heavy atom. The molecule has 0 amide bonds. The zero-order valence-corrected chi connectivity index (χ0v) is 12.2. The summed E-state index contributed by atoms with van der Waals surface area (Å²) in [7, 11) is -3.44. The number of sulfonamides is 1. The zero-order valence-electron chi connectivity index (χ0n) is 11.3. The van der Waals surface area contributed by atoms with Crippen molar-refractivity contribution < 1.29 is 8.42 Å². The van der Waals surface area contributed by atoms with Crippen LogP contribution in [0.2, 0.25) is 0 Å². The Labute approximate surface area is 118 Å². The van der Waals surface area contributed by atoms with Crippen LogP contribution < -0.4 is 0 Å². The van der Waals surface area contributed by atoms with Gasteiger partial charge in [0, 0.05) is 13.0 Å². The molecule has 106 valence electrons. The lowest BCUT2D eigenvalue weighted by Gasteiger charge is -2.26. The molecule has 0 aliphatic carbocycles. The number of nitrogens with zero attached hydrogens (tertiary/aromatic N) is 2. The molecule has 0 saturated heterocycles. The van der Waals surface area contributed by atoms with Gasteiger partial charge in [0.1, 0.15) is 0 Å². The molecule has 0 bridgehead atoms. The van der Waals surface area contributed by atoms with E-state index in [4.69, 9.17) is 0 Å². The van der Waals surface area contributed by atoms with Crippen molar-refractivity contribution >= 4 is 10.0 Å². The summed E-state index contributed by atoms with van der Waals surface area (Å²) in [4.78, 5) is 7.65. The molecule has 1 aliphatic rings. The van der Waals surface area contributed by atoms with Crippen LogP contribution in [0, 0.1) is 0 Å². The molecule has 6 heteroatoms. The minimum absolute atomic E-state index is 0.371. The second kappa shape index (κ2) is 5.03. The predicted octanol–water partition coefficient (Wildman–Crippen LogP) is 1.72. The van der Waals surface area contributed by atoms with Gasteiger partial charge in [-0.25, -0.2) is 13.4 Å². The molecular weight excluding hydrogens is 274 g/mol. The van der Waals surface area contributed by atoms with Gasteiger partial charge in [-0.05, 0) is 18.1 Å². The van der Waals surface area contributed by atoms with Crippen LogP contribution in [-0.4, -0.2) is 29.2 Å². The lowest BCUT2D eigenvalue weighted by molar-refractivity contribution is 0.385. The van der Waals surface area contributed by atoms with Gasteiger partial charge in [-0.15, -0.1) is 0 Å². The van der Waals surface area contributed by atoms with Gasteiger partial charge in [0.15, 0.2) is 0 Å². The van der Waals surface area contributed by atoms with E-state index in [1.807, 2.05) is 19.1 Å². The van der Waals surface area contributed by atoms with E-state index < -0.39 is 10.0 Å². The average molecular weight is 291 g/mol. The number of H-pyrrole nitrogens is 1. The number of hydrogen-bond donors (Lipinski definition) is 1. The number of aromatic amines is 1. The van der Waals surface area contributed by atoms with Crippen LogP contribution in [-0.2, 0) is 29.4 Å². The molecule has 0 radical (unpaired) electrons. The third-order valence-electron chi connectivity index (χ3n) is 3.71. The van der Waals surface area contributed by atoms with E-state index in [-0.39, 0.29) is 0 Å². The molecule has 20 heavy (non-hydrogen) atoms. The fraction of sp³-hybridized carbons (Fsp3) is 0.357. The van der Waals surface area contributed by atoms with Gasteiger partial charge >= 0.3 is 0 Å². The van der Waals surface area contributed by atoms with Crippen molar-refractivity contribution in [1.82, 2.24) is 14.3 Å². The summed E-state index contributed by atoms with van der Waals surface area (Å²) in [5.41, 5.74) is 2.73. The maximum absolute atomic E-state index is 12.8. The summed E-state index contributed by atoms with van der Waals surface area (Å²) in [6, 6.07) is 7.22. The molecule has 0 atom stereocenters. The van der Waals surface area contributed by atoms with Crippen molar-refractivity contribution in [3.63, 3.8) is 0 Å². The summed E-state index contributed by atoms with van der Waals surface area (Å²) < 4.78 is 27.1. The van der Waals surface area contributed by atoms with Crippen molar-refractivity contribution in [1.29, 1.82) is 0 Å². The Morgan fingerprint density at radius 1 is 1.35 bits per heavy atom. The molecule has 1 aromatic carbocycles. The molecule has 2 aromatic rings. The van der Waals surface area contributed by atoms with E-state index in [0.29, 0.717) is 30.8 Å². The molecule has 0 fully saturated rings. The molecule has 1 aromatic heterocycles. The van der Waals surface area contributed by atoms with Crippen LogP contribution in [0.1, 0.15) is 23.9 Å². The highest BCUT2D eigenvalue weighted by molar-refractivity contribution is 7.89. The van der Waals surface area contributed by atoms with Crippen LogP contribution >= 0.6 is 0 Å². The van der Waals surface area contributed by atoms with Gasteiger partial charge in [0.25, 0.3) is 0 Å². The number of aromatic nitrogens is 2. The largest absolute Gasteiger partial charge is 0.347 e. The fourth-order valence-electron chi connectivity index (χ4n) is 2.58. The average Bonchev–Trinajstić information content (AvgIpc) is 2.94. The molecular formula is C14H17N3O2S. The smallest absolute Gasteiger partial charge is 0.243 e. The number of imidazole rings is 1. The monoisotopic (exact) mass is 291 g/mol.